The molecule has 2 heteroatoms. The van der Waals surface area contributed by atoms with Crippen LogP contribution in [0.5, 0.6) is 0 Å². The fourth-order valence-electron chi connectivity index (χ4n) is 2.86. The summed E-state index contributed by atoms with van der Waals surface area (Å²) >= 11 is 0. The summed E-state index contributed by atoms with van der Waals surface area (Å²) in [6, 6.07) is 1.45. The number of hydrogen-bond acceptors (Lipinski definition) is 2. The highest BCUT2D eigenvalue weighted by atomic mass is 15.2. The number of hydrogen-bond donors (Lipinski definition) is 1. The van der Waals surface area contributed by atoms with E-state index in [0.717, 1.165) is 12.0 Å². The van der Waals surface area contributed by atoms with Crippen molar-refractivity contribution in [2.75, 3.05) is 20.6 Å². The van der Waals surface area contributed by atoms with Crippen LogP contribution in [0, 0.1) is 5.92 Å². The van der Waals surface area contributed by atoms with Gasteiger partial charge in [0.15, 0.2) is 0 Å². The van der Waals surface area contributed by atoms with E-state index < -0.39 is 0 Å². The Morgan fingerprint density at radius 1 is 1.20 bits per heavy atom. The summed E-state index contributed by atoms with van der Waals surface area (Å²) in [5.41, 5.74) is 0. The molecule has 2 unspecified atom stereocenters. The molecule has 1 N–H and O–H groups in total. The molecule has 2 atom stereocenters. The third-order valence-electron chi connectivity index (χ3n) is 3.57. The van der Waals surface area contributed by atoms with E-state index in [1.807, 2.05) is 0 Å². The van der Waals surface area contributed by atoms with Crippen molar-refractivity contribution < 1.29 is 0 Å². The Morgan fingerprint density at radius 2 is 1.87 bits per heavy atom. The van der Waals surface area contributed by atoms with Gasteiger partial charge >= 0.3 is 0 Å². The van der Waals surface area contributed by atoms with Crippen molar-refractivity contribution in [2.45, 2.75) is 58.0 Å². The fraction of sp³-hybridized carbons (Fsp3) is 1.00. The summed E-state index contributed by atoms with van der Waals surface area (Å²) in [5.74, 6) is 0.774. The van der Waals surface area contributed by atoms with Crippen LogP contribution in [0.2, 0.25) is 0 Å². The Hall–Kier alpha value is -0.0800. The predicted octanol–water partition coefficient (Wildman–Crippen LogP) is 2.49. The van der Waals surface area contributed by atoms with Gasteiger partial charge in [0.25, 0.3) is 0 Å². The van der Waals surface area contributed by atoms with Crippen molar-refractivity contribution in [2.24, 2.45) is 5.92 Å². The van der Waals surface area contributed by atoms with Crippen LogP contribution in [-0.4, -0.2) is 37.6 Å². The standard InChI is InChI=1S/C13H28N2/c1-11(2)10-15(4)13-9-7-5-6-8-12(13)14-3/h11-14H,5-10H2,1-4H3. The molecule has 0 radical (unpaired) electrons. The normalized spacial score (nSPS) is 28.4. The Bertz CT molecular complexity index is 168. The Labute approximate surface area is 95.4 Å². The van der Waals surface area contributed by atoms with Gasteiger partial charge in [0.1, 0.15) is 0 Å². The van der Waals surface area contributed by atoms with Gasteiger partial charge in [0, 0.05) is 18.6 Å². The summed E-state index contributed by atoms with van der Waals surface area (Å²) in [7, 11) is 4.41. The second-order valence-electron chi connectivity index (χ2n) is 5.43. The molecule has 15 heavy (non-hydrogen) atoms. The average Bonchev–Trinajstić information content (AvgIpc) is 2.40. The minimum absolute atomic E-state index is 0.705. The molecule has 1 aliphatic rings. The first kappa shape index (κ1) is 13.0. The highest BCUT2D eigenvalue weighted by molar-refractivity contribution is 4.85. The van der Waals surface area contributed by atoms with Crippen molar-refractivity contribution in [3.05, 3.63) is 0 Å². The van der Waals surface area contributed by atoms with E-state index in [1.54, 1.807) is 0 Å². The molecular weight excluding hydrogens is 184 g/mol. The minimum atomic E-state index is 0.705. The molecule has 0 saturated heterocycles. The van der Waals surface area contributed by atoms with E-state index in [2.05, 4.69) is 38.2 Å². The van der Waals surface area contributed by atoms with Gasteiger partial charge in [0.05, 0.1) is 0 Å². The minimum Gasteiger partial charge on any atom is -0.315 e. The van der Waals surface area contributed by atoms with Gasteiger partial charge in [0.2, 0.25) is 0 Å². The first-order valence-corrected chi connectivity index (χ1v) is 6.52. The SMILES string of the molecule is CNC1CCCCCC1N(C)CC(C)C. The average molecular weight is 212 g/mol. The number of nitrogens with one attached hydrogen (secondary N) is 1. The molecule has 90 valence electrons. The highest BCUT2D eigenvalue weighted by Crippen LogP contribution is 2.22. The van der Waals surface area contributed by atoms with Gasteiger partial charge in [-0.2, -0.15) is 0 Å². The molecule has 2 nitrogen and oxygen atoms in total. The molecule has 0 aromatic rings. The lowest BCUT2D eigenvalue weighted by molar-refractivity contribution is 0.169. The van der Waals surface area contributed by atoms with Crippen molar-refractivity contribution in [3.8, 4) is 0 Å². The van der Waals surface area contributed by atoms with Crippen molar-refractivity contribution in [3.63, 3.8) is 0 Å². The summed E-state index contributed by atoms with van der Waals surface area (Å²) in [6.07, 6.45) is 6.95. The van der Waals surface area contributed by atoms with Gasteiger partial charge in [-0.3, -0.25) is 0 Å². The maximum atomic E-state index is 3.51. The van der Waals surface area contributed by atoms with E-state index in [4.69, 9.17) is 0 Å². The van der Waals surface area contributed by atoms with Crippen LogP contribution in [-0.2, 0) is 0 Å². The monoisotopic (exact) mass is 212 g/mol. The zero-order valence-electron chi connectivity index (χ0n) is 10.9. The van der Waals surface area contributed by atoms with Crippen LogP contribution in [0.25, 0.3) is 0 Å². The second kappa shape index (κ2) is 6.49. The fourth-order valence-corrected chi connectivity index (χ4v) is 2.86. The van der Waals surface area contributed by atoms with Crippen LogP contribution in [0.15, 0.2) is 0 Å². The van der Waals surface area contributed by atoms with E-state index in [0.29, 0.717) is 6.04 Å². The van der Waals surface area contributed by atoms with E-state index in [1.165, 1.54) is 38.6 Å². The maximum absolute atomic E-state index is 3.51. The molecule has 0 amide bonds. The zero-order chi connectivity index (χ0) is 11.3. The largest absolute Gasteiger partial charge is 0.315 e. The van der Waals surface area contributed by atoms with Crippen LogP contribution >= 0.6 is 0 Å². The lowest BCUT2D eigenvalue weighted by Crippen LogP contribution is -2.47. The van der Waals surface area contributed by atoms with Gasteiger partial charge < -0.3 is 10.2 Å². The Kier molecular flexibility index (Phi) is 5.62. The highest BCUT2D eigenvalue weighted by Gasteiger charge is 2.25. The first-order chi connectivity index (χ1) is 7.15. The first-order valence-electron chi connectivity index (χ1n) is 6.52. The van der Waals surface area contributed by atoms with Crippen LogP contribution in [0.3, 0.4) is 0 Å². The Balaban J connectivity index is 2.53. The molecule has 1 fully saturated rings. The van der Waals surface area contributed by atoms with E-state index in [-0.39, 0.29) is 0 Å². The molecule has 1 aliphatic carbocycles. The molecule has 0 bridgehead atoms. The van der Waals surface area contributed by atoms with Crippen molar-refractivity contribution in [1.29, 1.82) is 0 Å². The van der Waals surface area contributed by atoms with Gasteiger partial charge in [-0.25, -0.2) is 0 Å². The Morgan fingerprint density at radius 3 is 2.47 bits per heavy atom. The summed E-state index contributed by atoms with van der Waals surface area (Å²) in [5, 5.41) is 3.51. The third kappa shape index (κ3) is 4.12. The lowest BCUT2D eigenvalue weighted by Gasteiger charge is -2.34. The smallest absolute Gasteiger partial charge is 0.0246 e. The van der Waals surface area contributed by atoms with Crippen molar-refractivity contribution in [1.82, 2.24) is 10.2 Å². The molecule has 1 rings (SSSR count). The number of nitrogens with zero attached hydrogens (tertiary/aromatic N) is 1. The zero-order valence-corrected chi connectivity index (χ0v) is 10.9. The molecule has 0 aromatic carbocycles. The summed E-state index contributed by atoms with van der Waals surface area (Å²) in [6.45, 7) is 5.84. The topological polar surface area (TPSA) is 15.3 Å². The molecule has 0 spiro atoms. The molecule has 0 aromatic heterocycles. The molecular formula is C13H28N2. The summed E-state index contributed by atoms with van der Waals surface area (Å²) < 4.78 is 0. The molecule has 0 aliphatic heterocycles. The lowest BCUT2D eigenvalue weighted by atomic mass is 10.0. The maximum Gasteiger partial charge on any atom is 0.0246 e. The van der Waals surface area contributed by atoms with Gasteiger partial charge in [-0.1, -0.05) is 33.1 Å². The van der Waals surface area contributed by atoms with Gasteiger partial charge in [-0.05, 0) is 32.9 Å². The van der Waals surface area contributed by atoms with Crippen LogP contribution in [0.1, 0.15) is 46.0 Å². The number of rotatable bonds is 4. The van der Waals surface area contributed by atoms with Gasteiger partial charge in [-0.15, -0.1) is 0 Å². The predicted molar refractivity (Wildman–Crippen MR) is 67.2 cm³/mol. The van der Waals surface area contributed by atoms with E-state index >= 15 is 0 Å². The van der Waals surface area contributed by atoms with Crippen LogP contribution < -0.4 is 5.32 Å². The van der Waals surface area contributed by atoms with E-state index in [9.17, 15) is 0 Å². The van der Waals surface area contributed by atoms with Crippen molar-refractivity contribution >= 4 is 0 Å². The third-order valence-corrected chi connectivity index (χ3v) is 3.57. The molecule has 0 heterocycles. The quantitative estimate of drug-likeness (QED) is 0.720. The second-order valence-corrected chi connectivity index (χ2v) is 5.43. The summed E-state index contributed by atoms with van der Waals surface area (Å²) in [4.78, 5) is 2.57. The number of likely N-dealkylation sites (N-methyl/N-ethyl adjacent to an activating group) is 2. The molecule has 1 saturated carbocycles. The van der Waals surface area contributed by atoms with Crippen LogP contribution in [0.4, 0.5) is 0 Å².